The molecule has 1 heterocycles. The van der Waals surface area contributed by atoms with Gasteiger partial charge >= 0.3 is 0 Å². The fourth-order valence-corrected chi connectivity index (χ4v) is 3.07. The van der Waals surface area contributed by atoms with Crippen molar-refractivity contribution in [3.05, 3.63) is 29.8 Å². The van der Waals surface area contributed by atoms with E-state index in [1.807, 2.05) is 24.3 Å². The predicted octanol–water partition coefficient (Wildman–Crippen LogP) is 2.94. The van der Waals surface area contributed by atoms with E-state index in [0.29, 0.717) is 17.5 Å². The molecule has 1 saturated heterocycles. The minimum absolute atomic E-state index is 0.00407. The quantitative estimate of drug-likeness (QED) is 0.842. The molecule has 0 bridgehead atoms. The number of nitrogens with zero attached hydrogens (tertiary/aromatic N) is 1. The Bertz CT molecular complexity index is 464. The van der Waals surface area contributed by atoms with Crippen LogP contribution in [0.25, 0.3) is 0 Å². The van der Waals surface area contributed by atoms with Crippen LogP contribution in [0.2, 0.25) is 0 Å². The first-order valence-electron chi connectivity index (χ1n) is 8.26. The van der Waals surface area contributed by atoms with Crippen molar-refractivity contribution < 1.29 is 9.53 Å². The van der Waals surface area contributed by atoms with E-state index >= 15 is 0 Å². The summed E-state index contributed by atoms with van der Waals surface area (Å²) >= 11 is 0. The van der Waals surface area contributed by atoms with Crippen LogP contribution in [-0.4, -0.2) is 43.6 Å². The molecule has 0 radical (unpaired) electrons. The van der Waals surface area contributed by atoms with Gasteiger partial charge in [-0.2, -0.15) is 0 Å². The molecule has 1 N–H and O–H groups in total. The van der Waals surface area contributed by atoms with Gasteiger partial charge in [0.25, 0.3) is 5.91 Å². The van der Waals surface area contributed by atoms with Crippen LogP contribution in [0.3, 0.4) is 0 Å². The molecule has 0 aromatic heterocycles. The summed E-state index contributed by atoms with van der Waals surface area (Å²) in [5.74, 6) is 1.41. The molecule has 1 unspecified atom stereocenters. The molecule has 1 aliphatic rings. The standard InChI is InChI=1S/C18H28N2O2/c1-14(2)12-16(20-10-4-5-11-20)13-19-18(21)15-6-8-17(22-3)9-7-15/h6-9,14,16H,4-5,10-13H2,1-3H3,(H,19,21). The summed E-state index contributed by atoms with van der Waals surface area (Å²) in [5, 5.41) is 3.10. The van der Waals surface area contributed by atoms with Gasteiger partial charge in [-0.1, -0.05) is 13.8 Å². The number of amides is 1. The van der Waals surface area contributed by atoms with E-state index in [2.05, 4.69) is 24.1 Å². The molecular weight excluding hydrogens is 276 g/mol. The van der Waals surface area contributed by atoms with Gasteiger partial charge in [0.2, 0.25) is 0 Å². The van der Waals surface area contributed by atoms with Crippen molar-refractivity contribution in [2.45, 2.75) is 39.2 Å². The van der Waals surface area contributed by atoms with Crippen molar-refractivity contribution >= 4 is 5.91 Å². The van der Waals surface area contributed by atoms with Crippen LogP contribution in [0.15, 0.2) is 24.3 Å². The van der Waals surface area contributed by atoms with Gasteiger partial charge in [0.05, 0.1) is 7.11 Å². The number of ether oxygens (including phenoxy) is 1. The third-order valence-electron chi connectivity index (χ3n) is 4.25. The van der Waals surface area contributed by atoms with Crippen molar-refractivity contribution in [1.82, 2.24) is 10.2 Å². The van der Waals surface area contributed by atoms with E-state index < -0.39 is 0 Å². The van der Waals surface area contributed by atoms with Gasteiger partial charge in [-0.25, -0.2) is 0 Å². The molecule has 2 rings (SSSR count). The van der Waals surface area contributed by atoms with Crippen LogP contribution in [0.1, 0.15) is 43.5 Å². The number of hydrogen-bond acceptors (Lipinski definition) is 3. The van der Waals surface area contributed by atoms with Gasteiger partial charge < -0.3 is 10.1 Å². The number of carbonyl (C=O) groups excluding carboxylic acids is 1. The third-order valence-corrected chi connectivity index (χ3v) is 4.25. The molecule has 1 amide bonds. The van der Waals surface area contributed by atoms with Gasteiger partial charge in [0.15, 0.2) is 0 Å². The molecule has 122 valence electrons. The molecule has 1 atom stereocenters. The van der Waals surface area contributed by atoms with Crippen LogP contribution in [0, 0.1) is 5.92 Å². The average Bonchev–Trinajstić information content (AvgIpc) is 3.05. The third kappa shape index (κ3) is 4.73. The van der Waals surface area contributed by atoms with Crippen molar-refractivity contribution in [2.75, 3.05) is 26.7 Å². The Labute approximate surface area is 133 Å². The lowest BCUT2D eigenvalue weighted by Gasteiger charge is -2.29. The molecule has 0 aliphatic carbocycles. The molecule has 1 fully saturated rings. The van der Waals surface area contributed by atoms with Gasteiger partial charge in [-0.3, -0.25) is 9.69 Å². The van der Waals surface area contributed by atoms with E-state index in [1.165, 1.54) is 12.8 Å². The Morgan fingerprint density at radius 3 is 2.41 bits per heavy atom. The van der Waals surface area contributed by atoms with Crippen LogP contribution in [-0.2, 0) is 0 Å². The fourth-order valence-electron chi connectivity index (χ4n) is 3.07. The zero-order chi connectivity index (χ0) is 15.9. The number of rotatable bonds is 7. The maximum atomic E-state index is 12.3. The number of methoxy groups -OCH3 is 1. The van der Waals surface area contributed by atoms with Crippen LogP contribution in [0.5, 0.6) is 5.75 Å². The maximum Gasteiger partial charge on any atom is 0.251 e. The molecule has 1 aromatic carbocycles. The second-order valence-corrected chi connectivity index (χ2v) is 6.46. The first kappa shape index (κ1) is 16.8. The van der Waals surface area contributed by atoms with E-state index in [-0.39, 0.29) is 5.91 Å². The molecule has 4 nitrogen and oxygen atoms in total. The van der Waals surface area contributed by atoms with Gasteiger partial charge in [0, 0.05) is 18.2 Å². The smallest absolute Gasteiger partial charge is 0.251 e. The van der Waals surface area contributed by atoms with Crippen LogP contribution in [0.4, 0.5) is 0 Å². The summed E-state index contributed by atoms with van der Waals surface area (Å²) < 4.78 is 5.12. The Morgan fingerprint density at radius 1 is 1.23 bits per heavy atom. The monoisotopic (exact) mass is 304 g/mol. The second-order valence-electron chi connectivity index (χ2n) is 6.46. The van der Waals surface area contributed by atoms with Crippen molar-refractivity contribution in [1.29, 1.82) is 0 Å². The van der Waals surface area contributed by atoms with E-state index in [9.17, 15) is 4.79 Å². The Kier molecular flexibility index (Phi) is 6.25. The SMILES string of the molecule is COc1ccc(C(=O)NCC(CC(C)C)N2CCCC2)cc1. The Hall–Kier alpha value is -1.55. The summed E-state index contributed by atoms with van der Waals surface area (Å²) in [7, 11) is 1.63. The Morgan fingerprint density at radius 2 is 1.86 bits per heavy atom. The number of carbonyl (C=O) groups is 1. The molecule has 1 aromatic rings. The van der Waals surface area contributed by atoms with Gasteiger partial charge in [0.1, 0.15) is 5.75 Å². The van der Waals surface area contributed by atoms with Crippen molar-refractivity contribution in [3.8, 4) is 5.75 Å². The lowest BCUT2D eigenvalue weighted by atomic mass is 10.0. The zero-order valence-corrected chi connectivity index (χ0v) is 14.0. The zero-order valence-electron chi connectivity index (χ0n) is 14.0. The summed E-state index contributed by atoms with van der Waals surface area (Å²) in [6, 6.07) is 7.70. The summed E-state index contributed by atoms with van der Waals surface area (Å²) in [4.78, 5) is 14.8. The highest BCUT2D eigenvalue weighted by Gasteiger charge is 2.23. The minimum Gasteiger partial charge on any atom is -0.497 e. The molecular formula is C18H28N2O2. The van der Waals surface area contributed by atoms with Gasteiger partial charge in [-0.05, 0) is 62.5 Å². The largest absolute Gasteiger partial charge is 0.497 e. The minimum atomic E-state index is -0.00407. The summed E-state index contributed by atoms with van der Waals surface area (Å²) in [6.07, 6.45) is 3.69. The van der Waals surface area contributed by atoms with Crippen molar-refractivity contribution in [3.63, 3.8) is 0 Å². The number of benzene rings is 1. The predicted molar refractivity (Wildman–Crippen MR) is 89.4 cm³/mol. The summed E-state index contributed by atoms with van der Waals surface area (Å²) in [6.45, 7) is 7.54. The van der Waals surface area contributed by atoms with Gasteiger partial charge in [-0.15, -0.1) is 0 Å². The molecule has 1 aliphatic heterocycles. The topological polar surface area (TPSA) is 41.6 Å². The molecule has 0 spiro atoms. The lowest BCUT2D eigenvalue weighted by Crippen LogP contribution is -2.43. The van der Waals surface area contributed by atoms with Crippen LogP contribution < -0.4 is 10.1 Å². The second kappa shape index (κ2) is 8.18. The van der Waals surface area contributed by atoms with E-state index in [4.69, 9.17) is 4.74 Å². The number of hydrogen-bond donors (Lipinski definition) is 1. The normalized spacial score (nSPS) is 16.7. The first-order chi connectivity index (χ1) is 10.6. The number of likely N-dealkylation sites (tertiary alicyclic amines) is 1. The van der Waals surface area contributed by atoms with E-state index in [1.54, 1.807) is 7.11 Å². The first-order valence-corrected chi connectivity index (χ1v) is 8.26. The molecule has 4 heteroatoms. The van der Waals surface area contributed by atoms with E-state index in [0.717, 1.165) is 31.8 Å². The lowest BCUT2D eigenvalue weighted by molar-refractivity contribution is 0.0933. The number of nitrogens with one attached hydrogen (secondary N) is 1. The maximum absolute atomic E-state index is 12.3. The summed E-state index contributed by atoms with van der Waals surface area (Å²) in [5.41, 5.74) is 0.686. The molecule has 22 heavy (non-hydrogen) atoms. The molecule has 0 saturated carbocycles. The fraction of sp³-hybridized carbons (Fsp3) is 0.611. The highest BCUT2D eigenvalue weighted by Crippen LogP contribution is 2.17. The average molecular weight is 304 g/mol. The highest BCUT2D eigenvalue weighted by atomic mass is 16.5. The Balaban J connectivity index is 1.90. The highest BCUT2D eigenvalue weighted by molar-refractivity contribution is 5.94. The van der Waals surface area contributed by atoms with Crippen LogP contribution >= 0.6 is 0 Å². The van der Waals surface area contributed by atoms with Crippen molar-refractivity contribution in [2.24, 2.45) is 5.92 Å².